The molecule has 0 aromatic heterocycles. The minimum atomic E-state index is -4.36. The number of alkyl halides is 3. The normalized spacial score (nSPS) is 20.4. The Hall–Kier alpha value is -0.980. The summed E-state index contributed by atoms with van der Waals surface area (Å²) in [5, 5.41) is 5.01. The highest BCUT2D eigenvalue weighted by Crippen LogP contribution is 2.14. The van der Waals surface area contributed by atoms with E-state index < -0.39 is 18.8 Å². The van der Waals surface area contributed by atoms with E-state index in [1.807, 2.05) is 12.2 Å². The summed E-state index contributed by atoms with van der Waals surface area (Å²) in [4.78, 5) is 13.1. The minimum Gasteiger partial charge on any atom is -0.329 e. The first-order valence-corrected chi connectivity index (χ1v) is 5.76. The molecule has 1 heterocycles. The Morgan fingerprint density at radius 2 is 2.24 bits per heavy atom. The number of rotatable bonds is 4. The van der Waals surface area contributed by atoms with Gasteiger partial charge in [0.05, 0.1) is 0 Å². The summed E-state index contributed by atoms with van der Waals surface area (Å²) < 4.78 is 36.0. The molecule has 17 heavy (non-hydrogen) atoms. The van der Waals surface area contributed by atoms with Crippen molar-refractivity contribution in [2.75, 3.05) is 26.2 Å². The van der Waals surface area contributed by atoms with E-state index in [0.29, 0.717) is 13.1 Å². The fourth-order valence-electron chi connectivity index (χ4n) is 1.87. The first-order chi connectivity index (χ1) is 7.94. The Labute approximate surface area is 98.5 Å². The zero-order valence-corrected chi connectivity index (χ0v) is 9.81. The molecule has 1 rings (SSSR count). The number of nitrogens with one attached hydrogen (secondary N) is 2. The van der Waals surface area contributed by atoms with Crippen LogP contribution in [0.5, 0.6) is 0 Å². The number of carbonyl (C=O) groups is 1. The fourth-order valence-corrected chi connectivity index (χ4v) is 1.87. The number of halogens is 3. The van der Waals surface area contributed by atoms with Crippen LogP contribution in [0.1, 0.15) is 19.8 Å². The second kappa shape index (κ2) is 6.09. The molecule has 0 spiro atoms. The van der Waals surface area contributed by atoms with Crippen LogP contribution < -0.4 is 10.6 Å². The molecule has 7 heteroatoms. The van der Waals surface area contributed by atoms with E-state index in [-0.39, 0.29) is 6.04 Å². The lowest BCUT2D eigenvalue weighted by molar-refractivity contribution is -0.123. The summed E-state index contributed by atoms with van der Waals surface area (Å²) in [5.41, 5.74) is 0. The Morgan fingerprint density at radius 3 is 2.71 bits per heavy atom. The second-order valence-electron chi connectivity index (χ2n) is 4.11. The molecule has 1 saturated heterocycles. The Bertz CT molecular complexity index is 252. The van der Waals surface area contributed by atoms with E-state index >= 15 is 0 Å². The van der Waals surface area contributed by atoms with Crippen LogP contribution in [-0.2, 0) is 0 Å². The number of urea groups is 1. The van der Waals surface area contributed by atoms with Crippen LogP contribution in [0.25, 0.3) is 0 Å². The van der Waals surface area contributed by atoms with Crippen molar-refractivity contribution >= 4 is 6.03 Å². The van der Waals surface area contributed by atoms with E-state index in [1.54, 1.807) is 0 Å². The largest absolute Gasteiger partial charge is 0.405 e. The predicted octanol–water partition coefficient (Wildman–Crippen LogP) is 1.33. The molecule has 0 saturated carbocycles. The molecule has 0 radical (unpaired) electrons. The second-order valence-corrected chi connectivity index (χ2v) is 4.11. The van der Waals surface area contributed by atoms with Gasteiger partial charge in [0.2, 0.25) is 0 Å². The van der Waals surface area contributed by atoms with E-state index in [9.17, 15) is 18.0 Å². The molecule has 100 valence electrons. The number of nitrogens with zero attached hydrogens (tertiary/aromatic N) is 1. The summed E-state index contributed by atoms with van der Waals surface area (Å²) in [6, 6.07) is -0.624. The van der Waals surface area contributed by atoms with Crippen molar-refractivity contribution in [3.8, 4) is 0 Å². The van der Waals surface area contributed by atoms with Crippen LogP contribution in [0.4, 0.5) is 18.0 Å². The average molecular weight is 253 g/mol. The summed E-state index contributed by atoms with van der Waals surface area (Å²) in [6.45, 7) is 2.56. The van der Waals surface area contributed by atoms with E-state index in [4.69, 9.17) is 0 Å². The number of hydrogen-bond donors (Lipinski definition) is 2. The Balaban J connectivity index is 2.48. The third kappa shape index (κ3) is 4.80. The van der Waals surface area contributed by atoms with E-state index in [1.165, 1.54) is 4.90 Å². The first kappa shape index (κ1) is 14.1. The van der Waals surface area contributed by atoms with Crippen LogP contribution in [0.2, 0.25) is 0 Å². The highest BCUT2D eigenvalue weighted by molar-refractivity contribution is 5.74. The average Bonchev–Trinajstić information content (AvgIpc) is 2.74. The molecule has 0 aromatic carbocycles. The molecular weight excluding hydrogens is 235 g/mol. The van der Waals surface area contributed by atoms with Crippen LogP contribution >= 0.6 is 0 Å². The summed E-state index contributed by atoms with van der Waals surface area (Å²) in [5.74, 6) is 0. The summed E-state index contributed by atoms with van der Waals surface area (Å²) in [7, 11) is 0. The highest BCUT2D eigenvalue weighted by Gasteiger charge is 2.31. The van der Waals surface area contributed by atoms with Gasteiger partial charge in [-0.1, -0.05) is 6.92 Å². The Kier molecular flexibility index (Phi) is 5.04. The van der Waals surface area contributed by atoms with Gasteiger partial charge in [0.25, 0.3) is 0 Å². The van der Waals surface area contributed by atoms with Crippen molar-refractivity contribution in [3.63, 3.8) is 0 Å². The van der Waals surface area contributed by atoms with Gasteiger partial charge in [-0.05, 0) is 19.4 Å². The quantitative estimate of drug-likeness (QED) is 0.794. The number of carbonyl (C=O) groups excluding carboxylic acids is 1. The predicted molar refractivity (Wildman–Crippen MR) is 57.7 cm³/mol. The maximum Gasteiger partial charge on any atom is 0.405 e. The third-order valence-corrected chi connectivity index (χ3v) is 2.64. The lowest BCUT2D eigenvalue weighted by Crippen LogP contribution is -2.49. The maximum atomic E-state index is 12.0. The molecule has 0 aliphatic carbocycles. The van der Waals surface area contributed by atoms with Crippen LogP contribution in [0, 0.1) is 0 Å². The maximum absolute atomic E-state index is 12.0. The summed E-state index contributed by atoms with van der Waals surface area (Å²) in [6.07, 6.45) is -2.84. The van der Waals surface area contributed by atoms with Crippen LogP contribution in [0.3, 0.4) is 0 Å². The lowest BCUT2D eigenvalue weighted by atomic mass is 10.2. The molecule has 0 bridgehead atoms. The zero-order chi connectivity index (χ0) is 12.9. The van der Waals surface area contributed by atoms with E-state index in [2.05, 4.69) is 5.32 Å². The minimum absolute atomic E-state index is 0.00295. The van der Waals surface area contributed by atoms with Crippen molar-refractivity contribution in [3.05, 3.63) is 0 Å². The highest BCUT2D eigenvalue weighted by atomic mass is 19.4. The smallest absolute Gasteiger partial charge is 0.329 e. The van der Waals surface area contributed by atoms with Gasteiger partial charge in [0.15, 0.2) is 0 Å². The molecule has 0 aromatic rings. The fraction of sp³-hybridized carbons (Fsp3) is 0.900. The molecule has 1 atom stereocenters. The molecular formula is C10H18F3N3O. The zero-order valence-electron chi connectivity index (χ0n) is 9.81. The molecule has 2 N–H and O–H groups in total. The van der Waals surface area contributed by atoms with Crippen LogP contribution in [0.15, 0.2) is 0 Å². The van der Waals surface area contributed by atoms with Gasteiger partial charge >= 0.3 is 12.2 Å². The van der Waals surface area contributed by atoms with Gasteiger partial charge in [0, 0.05) is 19.1 Å². The number of hydrogen-bond acceptors (Lipinski definition) is 2. The van der Waals surface area contributed by atoms with Crippen LogP contribution in [-0.4, -0.2) is 49.3 Å². The monoisotopic (exact) mass is 253 g/mol. The molecule has 1 unspecified atom stereocenters. The van der Waals surface area contributed by atoms with Crippen molar-refractivity contribution in [2.45, 2.75) is 32.0 Å². The van der Waals surface area contributed by atoms with Crippen molar-refractivity contribution in [1.82, 2.24) is 15.5 Å². The van der Waals surface area contributed by atoms with Gasteiger partial charge in [-0.3, -0.25) is 0 Å². The molecule has 1 fully saturated rings. The SMILES string of the molecule is CCCN(C(=O)NCC(F)(F)F)C1CCNC1. The van der Waals surface area contributed by atoms with Crippen molar-refractivity contribution < 1.29 is 18.0 Å². The van der Waals surface area contributed by atoms with Gasteiger partial charge < -0.3 is 15.5 Å². The topological polar surface area (TPSA) is 44.4 Å². The van der Waals surface area contributed by atoms with E-state index in [0.717, 1.165) is 19.4 Å². The molecule has 2 amide bonds. The summed E-state index contributed by atoms with van der Waals surface area (Å²) >= 11 is 0. The molecule has 4 nitrogen and oxygen atoms in total. The lowest BCUT2D eigenvalue weighted by Gasteiger charge is -2.28. The van der Waals surface area contributed by atoms with Crippen molar-refractivity contribution in [2.24, 2.45) is 0 Å². The first-order valence-electron chi connectivity index (χ1n) is 5.76. The molecule has 1 aliphatic rings. The number of amides is 2. The Morgan fingerprint density at radius 1 is 1.53 bits per heavy atom. The molecule has 1 aliphatic heterocycles. The van der Waals surface area contributed by atoms with Gasteiger partial charge in [-0.15, -0.1) is 0 Å². The van der Waals surface area contributed by atoms with Crippen molar-refractivity contribution in [1.29, 1.82) is 0 Å². The van der Waals surface area contributed by atoms with Gasteiger partial charge in [-0.2, -0.15) is 13.2 Å². The van der Waals surface area contributed by atoms with Gasteiger partial charge in [0.1, 0.15) is 6.54 Å². The standard InChI is InChI=1S/C10H18F3N3O/c1-2-5-16(8-3-4-14-6-8)9(17)15-7-10(11,12)13/h8,14H,2-7H2,1H3,(H,15,17). The third-order valence-electron chi connectivity index (χ3n) is 2.64. The van der Waals surface area contributed by atoms with Gasteiger partial charge in [-0.25, -0.2) is 4.79 Å².